The van der Waals surface area contributed by atoms with Crippen LogP contribution in [0.15, 0.2) is 56.7 Å². The number of nitrogens with zero attached hydrogens (tertiary/aromatic N) is 1. The van der Waals surface area contributed by atoms with Crippen molar-refractivity contribution in [2.24, 2.45) is 4.99 Å². The second-order valence-corrected chi connectivity index (χ2v) is 5.16. The Balaban J connectivity index is 2.12. The lowest BCUT2D eigenvalue weighted by molar-refractivity contribution is 0.416. The van der Waals surface area contributed by atoms with E-state index in [2.05, 4.69) is 4.99 Å². The van der Waals surface area contributed by atoms with Gasteiger partial charge in [-0.15, -0.1) is 0 Å². The van der Waals surface area contributed by atoms with Crippen molar-refractivity contribution in [2.75, 3.05) is 7.11 Å². The summed E-state index contributed by atoms with van der Waals surface area (Å²) in [5.41, 5.74) is 0.0381. The van der Waals surface area contributed by atoms with Crippen LogP contribution >= 0.6 is 11.6 Å². The van der Waals surface area contributed by atoms with E-state index in [-0.39, 0.29) is 11.3 Å². The van der Waals surface area contributed by atoms with Crippen LogP contribution in [-0.2, 0) is 0 Å². The maximum atomic E-state index is 12.0. The van der Waals surface area contributed by atoms with E-state index in [1.807, 2.05) is 0 Å². The van der Waals surface area contributed by atoms with Crippen molar-refractivity contribution < 1.29 is 14.3 Å². The van der Waals surface area contributed by atoms with Crippen LogP contribution in [0.25, 0.3) is 11.0 Å². The van der Waals surface area contributed by atoms with Gasteiger partial charge in [-0.25, -0.2) is 4.79 Å². The lowest BCUT2D eigenvalue weighted by atomic mass is 10.1. The van der Waals surface area contributed by atoms with Crippen LogP contribution in [0.4, 0.5) is 5.69 Å². The van der Waals surface area contributed by atoms with Gasteiger partial charge in [0.25, 0.3) is 0 Å². The van der Waals surface area contributed by atoms with Gasteiger partial charge in [0, 0.05) is 11.2 Å². The molecule has 1 aromatic heterocycles. The monoisotopic (exact) mass is 329 g/mol. The van der Waals surface area contributed by atoms with E-state index in [0.717, 1.165) is 0 Å². The van der Waals surface area contributed by atoms with Gasteiger partial charge in [-0.1, -0.05) is 23.7 Å². The molecule has 3 aromatic rings. The smallest absolute Gasteiger partial charge is 0.348 e. The van der Waals surface area contributed by atoms with Gasteiger partial charge in [0.15, 0.2) is 0 Å². The molecule has 3 rings (SSSR count). The van der Waals surface area contributed by atoms with Crippen LogP contribution < -0.4 is 10.4 Å². The Morgan fingerprint density at radius 1 is 1.26 bits per heavy atom. The minimum absolute atomic E-state index is 0.0364. The highest BCUT2D eigenvalue weighted by Gasteiger charge is 2.12. The Morgan fingerprint density at radius 2 is 2.04 bits per heavy atom. The van der Waals surface area contributed by atoms with Crippen LogP contribution in [0.1, 0.15) is 5.56 Å². The zero-order valence-electron chi connectivity index (χ0n) is 12.1. The molecule has 5 nitrogen and oxygen atoms in total. The number of fused-ring (bicyclic) bond motifs is 1. The highest BCUT2D eigenvalue weighted by Crippen LogP contribution is 2.31. The molecule has 0 aliphatic rings. The lowest BCUT2D eigenvalue weighted by Crippen LogP contribution is -2.06. The molecule has 23 heavy (non-hydrogen) atoms. The third kappa shape index (κ3) is 2.91. The summed E-state index contributed by atoms with van der Waals surface area (Å²) in [5, 5.41) is 11.2. The topological polar surface area (TPSA) is 72.0 Å². The Hall–Kier alpha value is -2.79. The summed E-state index contributed by atoms with van der Waals surface area (Å²) in [5.74, 6) is 0.317. The summed E-state index contributed by atoms with van der Waals surface area (Å²) < 4.78 is 10.4. The fourth-order valence-electron chi connectivity index (χ4n) is 2.16. The second kappa shape index (κ2) is 6.14. The Morgan fingerprint density at radius 3 is 2.83 bits per heavy atom. The van der Waals surface area contributed by atoms with Crippen molar-refractivity contribution in [3.8, 4) is 11.5 Å². The molecule has 1 heterocycles. The summed E-state index contributed by atoms with van der Waals surface area (Å²) in [6.07, 6.45) is 1.24. The molecule has 0 atom stereocenters. The predicted octanol–water partition coefficient (Wildman–Crippen LogP) is 3.91. The summed E-state index contributed by atoms with van der Waals surface area (Å²) >= 11 is 5.94. The fraction of sp³-hybridized carbons (Fsp3) is 0.0588. The van der Waals surface area contributed by atoms with Gasteiger partial charge in [-0.2, -0.15) is 0 Å². The van der Waals surface area contributed by atoms with Crippen molar-refractivity contribution in [3.63, 3.8) is 0 Å². The number of hydrogen-bond acceptors (Lipinski definition) is 5. The zero-order valence-corrected chi connectivity index (χ0v) is 12.9. The molecule has 1 N–H and O–H groups in total. The molecular weight excluding hydrogens is 318 g/mol. The number of hydrogen-bond donors (Lipinski definition) is 1. The van der Waals surface area contributed by atoms with Gasteiger partial charge in [-0.3, -0.25) is 4.99 Å². The minimum atomic E-state index is -0.675. The summed E-state index contributed by atoms with van der Waals surface area (Å²) in [6.45, 7) is 0. The van der Waals surface area contributed by atoms with Gasteiger partial charge >= 0.3 is 5.63 Å². The normalized spacial score (nSPS) is 11.2. The molecule has 116 valence electrons. The van der Waals surface area contributed by atoms with Crippen molar-refractivity contribution in [1.82, 2.24) is 0 Å². The van der Waals surface area contributed by atoms with E-state index in [0.29, 0.717) is 27.4 Å². The third-order valence-electron chi connectivity index (χ3n) is 3.29. The molecule has 0 saturated heterocycles. The molecule has 6 heteroatoms. The van der Waals surface area contributed by atoms with Gasteiger partial charge in [0.2, 0.25) is 0 Å². The van der Waals surface area contributed by atoms with E-state index in [9.17, 15) is 9.90 Å². The lowest BCUT2D eigenvalue weighted by Gasteiger charge is -2.05. The highest BCUT2D eigenvalue weighted by atomic mass is 35.5. The number of para-hydroxylation sites is 1. The van der Waals surface area contributed by atoms with Crippen LogP contribution in [0.5, 0.6) is 11.5 Å². The molecule has 0 radical (unpaired) electrons. The Kier molecular flexibility index (Phi) is 4.04. The molecular formula is C17H12ClNO4. The molecule has 2 aromatic carbocycles. The van der Waals surface area contributed by atoms with E-state index in [4.69, 9.17) is 20.8 Å². The molecule has 0 aliphatic heterocycles. The first-order valence-corrected chi connectivity index (χ1v) is 7.10. The number of benzene rings is 2. The van der Waals surface area contributed by atoms with E-state index >= 15 is 0 Å². The first-order valence-electron chi connectivity index (χ1n) is 6.72. The molecule has 0 fully saturated rings. The van der Waals surface area contributed by atoms with Gasteiger partial charge in [-0.05, 0) is 30.3 Å². The minimum Gasteiger partial charge on any atom is -0.506 e. The first-order chi connectivity index (χ1) is 11.1. The Bertz CT molecular complexity index is 962. The van der Waals surface area contributed by atoms with E-state index < -0.39 is 5.63 Å². The number of aromatic hydroxyl groups is 1. The second-order valence-electron chi connectivity index (χ2n) is 4.72. The quantitative estimate of drug-likeness (QED) is 0.584. The van der Waals surface area contributed by atoms with Crippen LogP contribution in [-0.4, -0.2) is 18.4 Å². The van der Waals surface area contributed by atoms with Crippen LogP contribution in [0.2, 0.25) is 5.02 Å². The maximum Gasteiger partial charge on any atom is 0.348 e. The molecule has 0 bridgehead atoms. The van der Waals surface area contributed by atoms with Crippen molar-refractivity contribution >= 4 is 34.5 Å². The summed E-state index contributed by atoms with van der Waals surface area (Å²) in [7, 11) is 1.50. The average molecular weight is 330 g/mol. The average Bonchev–Trinajstić information content (AvgIpc) is 2.55. The third-order valence-corrected chi connectivity index (χ3v) is 3.53. The molecule has 0 amide bonds. The molecule has 0 aliphatic carbocycles. The first kappa shape index (κ1) is 15.1. The largest absolute Gasteiger partial charge is 0.506 e. The van der Waals surface area contributed by atoms with E-state index in [1.165, 1.54) is 13.3 Å². The van der Waals surface area contributed by atoms with E-state index in [1.54, 1.807) is 42.5 Å². The fourth-order valence-corrected chi connectivity index (χ4v) is 2.33. The van der Waals surface area contributed by atoms with Crippen molar-refractivity contribution in [3.05, 3.63) is 63.5 Å². The SMILES string of the molecule is COc1ccc(Cl)cc1N=Cc1c(O)c2ccccc2oc1=O. The van der Waals surface area contributed by atoms with Gasteiger partial charge in [0.05, 0.1) is 12.5 Å². The zero-order chi connectivity index (χ0) is 16.4. The highest BCUT2D eigenvalue weighted by molar-refractivity contribution is 6.30. The van der Waals surface area contributed by atoms with Gasteiger partial charge in [0.1, 0.15) is 28.3 Å². The Labute approximate surface area is 136 Å². The van der Waals surface area contributed by atoms with Gasteiger partial charge < -0.3 is 14.3 Å². The number of methoxy groups -OCH3 is 1. The number of halogens is 1. The predicted molar refractivity (Wildman–Crippen MR) is 89.4 cm³/mol. The molecule has 0 unspecified atom stereocenters. The van der Waals surface area contributed by atoms with Crippen LogP contribution in [0, 0.1) is 0 Å². The van der Waals surface area contributed by atoms with Crippen LogP contribution in [0.3, 0.4) is 0 Å². The maximum absolute atomic E-state index is 12.0. The standard InChI is InChI=1S/C17H12ClNO4/c1-22-15-7-6-10(18)8-13(15)19-9-12-16(20)11-4-2-3-5-14(11)23-17(12)21/h2-9,20H,1H3. The van der Waals surface area contributed by atoms with Crippen molar-refractivity contribution in [2.45, 2.75) is 0 Å². The summed E-state index contributed by atoms with van der Waals surface area (Å²) in [4.78, 5) is 16.2. The number of ether oxygens (including phenoxy) is 1. The van der Waals surface area contributed by atoms with Crippen molar-refractivity contribution in [1.29, 1.82) is 0 Å². The number of rotatable bonds is 3. The summed E-state index contributed by atoms with van der Waals surface area (Å²) in [6, 6.07) is 11.6. The number of aliphatic imine (C=N–C) groups is 1. The molecule has 0 saturated carbocycles. The molecule has 0 spiro atoms.